The lowest BCUT2D eigenvalue weighted by Crippen LogP contribution is -2.30. The van der Waals surface area contributed by atoms with Crippen molar-refractivity contribution in [2.45, 2.75) is 26.8 Å². The molecule has 2 aromatic rings. The topological polar surface area (TPSA) is 71.3 Å². The molecule has 2 amide bonds. The zero-order valence-corrected chi connectivity index (χ0v) is 11.9. The zero-order chi connectivity index (χ0) is 14.5. The maximum absolute atomic E-state index is 12.0. The largest absolute Gasteiger partial charge is 0.359 e. The van der Waals surface area contributed by atoms with Gasteiger partial charge in [-0.1, -0.05) is 12.1 Å². The molecule has 20 heavy (non-hydrogen) atoms. The van der Waals surface area contributed by atoms with Crippen LogP contribution in [0.3, 0.4) is 0 Å². The first-order chi connectivity index (χ1) is 9.58. The molecular weight excluding hydrogens is 256 g/mol. The minimum atomic E-state index is -0.217. The fourth-order valence-electron chi connectivity index (χ4n) is 1.66. The van der Waals surface area contributed by atoms with Crippen LogP contribution in [0, 0.1) is 6.92 Å². The van der Waals surface area contributed by atoms with Gasteiger partial charge in [-0.3, -0.25) is 4.98 Å². The van der Waals surface area contributed by atoms with E-state index in [4.69, 9.17) is 4.52 Å². The molecule has 0 aliphatic rings. The number of hydrogen-bond donors (Lipinski definition) is 1. The lowest BCUT2D eigenvalue weighted by atomic mass is 10.3. The van der Waals surface area contributed by atoms with Crippen LogP contribution in [0.15, 0.2) is 28.9 Å². The third kappa shape index (κ3) is 3.57. The van der Waals surface area contributed by atoms with Crippen molar-refractivity contribution >= 4 is 11.7 Å². The minimum Gasteiger partial charge on any atom is -0.359 e. The fraction of sp³-hybridized carbons (Fsp3) is 0.357. The molecule has 0 bridgehead atoms. The average molecular weight is 274 g/mol. The lowest BCUT2D eigenvalue weighted by Gasteiger charge is -2.16. The molecular formula is C14H18N4O2. The van der Waals surface area contributed by atoms with Gasteiger partial charge >= 0.3 is 6.03 Å². The number of aromatic nitrogens is 2. The van der Waals surface area contributed by atoms with E-state index < -0.39 is 0 Å². The first-order valence-electron chi connectivity index (χ1n) is 6.47. The summed E-state index contributed by atoms with van der Waals surface area (Å²) in [4.78, 5) is 17.7. The van der Waals surface area contributed by atoms with Gasteiger partial charge in [0.25, 0.3) is 0 Å². The van der Waals surface area contributed by atoms with E-state index in [0.717, 1.165) is 17.8 Å². The van der Waals surface area contributed by atoms with Gasteiger partial charge < -0.3 is 14.7 Å². The number of aryl methyl sites for hydroxylation is 2. The summed E-state index contributed by atoms with van der Waals surface area (Å²) in [5.74, 6) is 0.668. The predicted molar refractivity (Wildman–Crippen MR) is 75.3 cm³/mol. The normalized spacial score (nSPS) is 10.3. The number of rotatable bonds is 4. The maximum Gasteiger partial charge on any atom is 0.322 e. The van der Waals surface area contributed by atoms with Crippen molar-refractivity contribution in [3.05, 3.63) is 41.5 Å². The van der Waals surface area contributed by atoms with Crippen molar-refractivity contribution in [2.24, 2.45) is 0 Å². The summed E-state index contributed by atoms with van der Waals surface area (Å²) in [6.45, 7) is 4.27. The molecule has 2 aromatic heterocycles. The summed E-state index contributed by atoms with van der Waals surface area (Å²) in [5.41, 5.74) is 2.46. The van der Waals surface area contributed by atoms with Gasteiger partial charge in [0.1, 0.15) is 0 Å². The Labute approximate surface area is 117 Å². The molecule has 1 N–H and O–H groups in total. The second-order valence-electron chi connectivity index (χ2n) is 4.61. The van der Waals surface area contributed by atoms with Gasteiger partial charge in [-0.05, 0) is 25.5 Å². The standard InChI is InChI=1S/C14H18N4O2/c1-4-11-7-13(20-17-11)9-18(3)14(19)16-12-6-5-10(2)15-8-12/h5-8H,4,9H2,1-3H3,(H,16,19). The molecule has 2 heterocycles. The number of urea groups is 1. The van der Waals surface area contributed by atoms with E-state index >= 15 is 0 Å². The molecule has 0 aliphatic carbocycles. The molecule has 0 spiro atoms. The summed E-state index contributed by atoms with van der Waals surface area (Å²) in [5, 5.41) is 6.67. The van der Waals surface area contributed by atoms with E-state index in [0.29, 0.717) is 18.0 Å². The number of nitrogens with zero attached hydrogens (tertiary/aromatic N) is 3. The quantitative estimate of drug-likeness (QED) is 0.930. The lowest BCUT2D eigenvalue weighted by molar-refractivity contribution is 0.214. The van der Waals surface area contributed by atoms with Crippen LogP contribution >= 0.6 is 0 Å². The Morgan fingerprint density at radius 3 is 2.85 bits per heavy atom. The van der Waals surface area contributed by atoms with Gasteiger partial charge in [0.05, 0.1) is 24.1 Å². The highest BCUT2D eigenvalue weighted by molar-refractivity contribution is 5.88. The minimum absolute atomic E-state index is 0.217. The van der Waals surface area contributed by atoms with Crippen LogP contribution in [-0.4, -0.2) is 28.1 Å². The van der Waals surface area contributed by atoms with Crippen molar-refractivity contribution in [1.82, 2.24) is 15.0 Å². The molecule has 0 saturated carbocycles. The predicted octanol–water partition coefficient (Wildman–Crippen LogP) is 2.60. The van der Waals surface area contributed by atoms with Gasteiger partial charge in [0.2, 0.25) is 0 Å². The Kier molecular flexibility index (Phi) is 4.34. The SMILES string of the molecule is CCc1cc(CN(C)C(=O)Nc2ccc(C)nc2)on1. The monoisotopic (exact) mass is 274 g/mol. The maximum atomic E-state index is 12.0. The summed E-state index contributed by atoms with van der Waals surface area (Å²) < 4.78 is 5.16. The number of carbonyl (C=O) groups excluding carboxylic acids is 1. The second-order valence-corrected chi connectivity index (χ2v) is 4.61. The van der Waals surface area contributed by atoms with Crippen molar-refractivity contribution < 1.29 is 9.32 Å². The molecule has 0 fully saturated rings. The smallest absolute Gasteiger partial charge is 0.322 e. The van der Waals surface area contributed by atoms with Gasteiger partial charge in [0.15, 0.2) is 5.76 Å². The number of anilines is 1. The van der Waals surface area contributed by atoms with Gasteiger partial charge in [-0.15, -0.1) is 0 Å². The van der Waals surface area contributed by atoms with Crippen LogP contribution in [0.1, 0.15) is 24.1 Å². The van der Waals surface area contributed by atoms with Crippen LogP contribution in [0.4, 0.5) is 10.5 Å². The highest BCUT2D eigenvalue weighted by Gasteiger charge is 2.12. The van der Waals surface area contributed by atoms with E-state index in [1.54, 1.807) is 13.2 Å². The molecule has 106 valence electrons. The Bertz CT molecular complexity index is 577. The van der Waals surface area contributed by atoms with Crippen molar-refractivity contribution in [3.63, 3.8) is 0 Å². The fourth-order valence-corrected chi connectivity index (χ4v) is 1.66. The van der Waals surface area contributed by atoms with Crippen LogP contribution < -0.4 is 5.32 Å². The average Bonchev–Trinajstić information content (AvgIpc) is 2.89. The van der Waals surface area contributed by atoms with Crippen LogP contribution in [-0.2, 0) is 13.0 Å². The number of amides is 2. The molecule has 0 aliphatic heterocycles. The molecule has 0 aromatic carbocycles. The van der Waals surface area contributed by atoms with Crippen LogP contribution in [0.2, 0.25) is 0 Å². The summed E-state index contributed by atoms with van der Waals surface area (Å²) in [6, 6.07) is 5.30. The van der Waals surface area contributed by atoms with E-state index in [1.165, 1.54) is 4.90 Å². The van der Waals surface area contributed by atoms with E-state index in [9.17, 15) is 4.79 Å². The van der Waals surface area contributed by atoms with E-state index in [-0.39, 0.29) is 6.03 Å². The Balaban J connectivity index is 1.93. The molecule has 0 radical (unpaired) electrons. The van der Waals surface area contributed by atoms with Crippen LogP contribution in [0.5, 0.6) is 0 Å². The molecule has 0 atom stereocenters. The second kappa shape index (κ2) is 6.18. The first-order valence-corrected chi connectivity index (χ1v) is 6.47. The third-order valence-electron chi connectivity index (χ3n) is 2.87. The van der Waals surface area contributed by atoms with Crippen molar-refractivity contribution in [2.75, 3.05) is 12.4 Å². The highest BCUT2D eigenvalue weighted by Crippen LogP contribution is 2.10. The Morgan fingerprint density at radius 1 is 1.45 bits per heavy atom. The van der Waals surface area contributed by atoms with Gasteiger partial charge in [0, 0.05) is 18.8 Å². The Hall–Kier alpha value is -2.37. The number of carbonyl (C=O) groups is 1. The van der Waals surface area contributed by atoms with Crippen molar-refractivity contribution in [3.8, 4) is 0 Å². The molecule has 6 heteroatoms. The first kappa shape index (κ1) is 14.0. The summed E-state index contributed by atoms with van der Waals surface area (Å²) in [7, 11) is 1.70. The number of pyridine rings is 1. The number of hydrogen-bond acceptors (Lipinski definition) is 4. The van der Waals surface area contributed by atoms with E-state index in [1.807, 2.05) is 32.0 Å². The molecule has 2 rings (SSSR count). The van der Waals surface area contributed by atoms with Gasteiger partial charge in [-0.2, -0.15) is 0 Å². The highest BCUT2D eigenvalue weighted by atomic mass is 16.5. The number of nitrogens with one attached hydrogen (secondary N) is 1. The van der Waals surface area contributed by atoms with Crippen LogP contribution in [0.25, 0.3) is 0 Å². The molecule has 6 nitrogen and oxygen atoms in total. The Morgan fingerprint density at radius 2 is 2.25 bits per heavy atom. The summed E-state index contributed by atoms with van der Waals surface area (Å²) >= 11 is 0. The molecule has 0 unspecified atom stereocenters. The third-order valence-corrected chi connectivity index (χ3v) is 2.87. The zero-order valence-electron chi connectivity index (χ0n) is 11.9. The molecule has 0 saturated heterocycles. The van der Waals surface area contributed by atoms with E-state index in [2.05, 4.69) is 15.5 Å². The van der Waals surface area contributed by atoms with Gasteiger partial charge in [-0.25, -0.2) is 4.79 Å². The summed E-state index contributed by atoms with van der Waals surface area (Å²) in [6.07, 6.45) is 2.44. The van der Waals surface area contributed by atoms with Crippen molar-refractivity contribution in [1.29, 1.82) is 0 Å².